The molecule has 5 nitrogen and oxygen atoms in total. The fourth-order valence-corrected chi connectivity index (χ4v) is 3.76. The molecule has 33 heavy (non-hydrogen) atoms. The normalized spacial score (nSPS) is 11.2. The molecule has 0 aliphatic carbocycles. The minimum Gasteiger partial charge on any atom is -0.342 e. The number of para-hydroxylation sites is 1. The Morgan fingerprint density at radius 1 is 0.909 bits per heavy atom. The van der Waals surface area contributed by atoms with E-state index in [-0.39, 0.29) is 17.9 Å². The molecule has 166 valence electrons. The number of nitrogens with zero attached hydrogens (tertiary/aromatic N) is 2. The number of amides is 2. The first-order chi connectivity index (χ1) is 16.0. The fraction of sp³-hybridized carbons (Fsp3) is 0.143. The summed E-state index contributed by atoms with van der Waals surface area (Å²) in [5.74, 6) is -0.598. The van der Waals surface area contributed by atoms with Crippen LogP contribution < -0.4 is 5.43 Å². The highest BCUT2D eigenvalue weighted by molar-refractivity contribution is 5.99. The van der Waals surface area contributed by atoms with E-state index >= 15 is 0 Å². The van der Waals surface area contributed by atoms with Crippen LogP contribution in [-0.4, -0.2) is 27.4 Å². The molecule has 2 amide bonds. The van der Waals surface area contributed by atoms with Gasteiger partial charge in [0.25, 0.3) is 11.8 Å². The van der Waals surface area contributed by atoms with E-state index in [9.17, 15) is 9.59 Å². The van der Waals surface area contributed by atoms with Crippen molar-refractivity contribution in [1.82, 2.24) is 15.0 Å². The first-order valence-electron chi connectivity index (χ1n) is 11.0. The second kappa shape index (κ2) is 10.0. The number of aromatic nitrogens is 1. The van der Waals surface area contributed by atoms with Crippen LogP contribution in [0.1, 0.15) is 35.3 Å². The van der Waals surface area contributed by atoms with Gasteiger partial charge in [0.2, 0.25) is 0 Å². The van der Waals surface area contributed by atoms with E-state index in [0.717, 1.165) is 23.0 Å². The molecular weight excluding hydrogens is 410 g/mol. The predicted molar refractivity (Wildman–Crippen MR) is 132 cm³/mol. The van der Waals surface area contributed by atoms with E-state index in [1.807, 2.05) is 56.3 Å². The Balaban J connectivity index is 1.56. The first-order valence-corrected chi connectivity index (χ1v) is 11.0. The Hall–Kier alpha value is -4.12. The number of hydrogen-bond acceptors (Lipinski definition) is 2. The SMILES string of the molecule is CC(C)N(NC(=O)c1ccccc1)C(=O)C=Cc1cn(Cc2ccccc2)c2ccccc12. The van der Waals surface area contributed by atoms with Gasteiger partial charge in [0.15, 0.2) is 0 Å². The molecule has 0 aliphatic rings. The minimum absolute atomic E-state index is 0.200. The molecule has 0 spiro atoms. The van der Waals surface area contributed by atoms with Gasteiger partial charge in [0.1, 0.15) is 0 Å². The molecule has 0 fully saturated rings. The molecule has 0 atom stereocenters. The molecule has 1 aromatic heterocycles. The molecule has 1 heterocycles. The monoisotopic (exact) mass is 437 g/mol. The molecular formula is C28H27N3O2. The van der Waals surface area contributed by atoms with Crippen molar-refractivity contribution in [2.45, 2.75) is 26.4 Å². The van der Waals surface area contributed by atoms with Crippen LogP contribution in [0.3, 0.4) is 0 Å². The number of rotatable bonds is 6. The van der Waals surface area contributed by atoms with Gasteiger partial charge in [0.05, 0.1) is 0 Å². The molecule has 0 aliphatic heterocycles. The van der Waals surface area contributed by atoms with Gasteiger partial charge in [-0.15, -0.1) is 0 Å². The van der Waals surface area contributed by atoms with Crippen LogP contribution in [0.2, 0.25) is 0 Å². The van der Waals surface area contributed by atoms with Crippen LogP contribution in [-0.2, 0) is 11.3 Å². The number of benzene rings is 3. The molecule has 0 saturated heterocycles. The van der Waals surface area contributed by atoms with Crippen LogP contribution in [0, 0.1) is 0 Å². The Bertz CT molecular complexity index is 1270. The van der Waals surface area contributed by atoms with E-state index in [4.69, 9.17) is 0 Å². The summed E-state index contributed by atoms with van der Waals surface area (Å²) in [6.07, 6.45) is 5.39. The molecule has 0 unspecified atom stereocenters. The molecule has 0 radical (unpaired) electrons. The van der Waals surface area contributed by atoms with E-state index in [0.29, 0.717) is 5.56 Å². The number of carbonyl (C=O) groups excluding carboxylic acids is 2. The summed E-state index contributed by atoms with van der Waals surface area (Å²) in [5.41, 5.74) is 6.50. The molecule has 4 rings (SSSR count). The maximum Gasteiger partial charge on any atom is 0.269 e. The third-order valence-corrected chi connectivity index (χ3v) is 5.43. The molecule has 4 aromatic rings. The standard InChI is InChI=1S/C28H27N3O2/c1-21(2)31(29-28(33)23-13-7-4-8-14-23)27(32)18-17-24-20-30(19-22-11-5-3-6-12-22)26-16-10-9-15-25(24)26/h3-18,20-21H,19H2,1-2H3,(H,29,33). The van der Waals surface area contributed by atoms with Crippen LogP contribution in [0.4, 0.5) is 0 Å². The van der Waals surface area contributed by atoms with Gasteiger partial charge in [-0.3, -0.25) is 15.0 Å². The van der Waals surface area contributed by atoms with Crippen molar-refractivity contribution >= 4 is 28.8 Å². The van der Waals surface area contributed by atoms with Crippen LogP contribution in [0.25, 0.3) is 17.0 Å². The van der Waals surface area contributed by atoms with E-state index in [2.05, 4.69) is 40.5 Å². The number of nitrogens with one attached hydrogen (secondary N) is 1. The van der Waals surface area contributed by atoms with Crippen molar-refractivity contribution in [3.8, 4) is 0 Å². The zero-order valence-corrected chi connectivity index (χ0v) is 18.8. The highest BCUT2D eigenvalue weighted by Crippen LogP contribution is 2.23. The number of carbonyl (C=O) groups is 2. The summed E-state index contributed by atoms with van der Waals surface area (Å²) in [6.45, 7) is 4.47. The lowest BCUT2D eigenvalue weighted by Gasteiger charge is -2.25. The van der Waals surface area contributed by atoms with Gasteiger partial charge in [-0.2, -0.15) is 0 Å². The topological polar surface area (TPSA) is 54.3 Å². The second-order valence-electron chi connectivity index (χ2n) is 8.16. The lowest BCUT2D eigenvalue weighted by atomic mass is 10.1. The van der Waals surface area contributed by atoms with Gasteiger partial charge < -0.3 is 4.57 Å². The van der Waals surface area contributed by atoms with Gasteiger partial charge in [0, 0.05) is 46.9 Å². The summed E-state index contributed by atoms with van der Waals surface area (Å²) in [5, 5.41) is 2.43. The molecule has 1 N–H and O–H groups in total. The summed E-state index contributed by atoms with van der Waals surface area (Å²) in [7, 11) is 0. The van der Waals surface area contributed by atoms with Gasteiger partial charge in [-0.25, -0.2) is 5.01 Å². The van der Waals surface area contributed by atoms with E-state index in [1.54, 1.807) is 24.3 Å². The largest absolute Gasteiger partial charge is 0.342 e. The van der Waals surface area contributed by atoms with E-state index in [1.165, 1.54) is 16.6 Å². The second-order valence-corrected chi connectivity index (χ2v) is 8.16. The summed E-state index contributed by atoms with van der Waals surface area (Å²) in [4.78, 5) is 25.5. The number of fused-ring (bicyclic) bond motifs is 1. The smallest absolute Gasteiger partial charge is 0.269 e. The average Bonchev–Trinajstić information content (AvgIpc) is 3.19. The first kappa shape index (κ1) is 22.1. The third kappa shape index (κ3) is 5.21. The number of hydrogen-bond donors (Lipinski definition) is 1. The highest BCUT2D eigenvalue weighted by Gasteiger charge is 2.18. The maximum absolute atomic E-state index is 13.0. The van der Waals surface area contributed by atoms with Gasteiger partial charge in [-0.1, -0.05) is 66.7 Å². The third-order valence-electron chi connectivity index (χ3n) is 5.43. The Morgan fingerprint density at radius 2 is 1.55 bits per heavy atom. The lowest BCUT2D eigenvalue weighted by molar-refractivity contribution is -0.130. The van der Waals surface area contributed by atoms with Crippen molar-refractivity contribution in [2.24, 2.45) is 0 Å². The highest BCUT2D eigenvalue weighted by atomic mass is 16.2. The molecule has 5 heteroatoms. The fourth-order valence-electron chi connectivity index (χ4n) is 3.76. The molecule has 0 bridgehead atoms. The zero-order valence-electron chi connectivity index (χ0n) is 18.8. The number of hydrazine groups is 1. The van der Waals surface area contributed by atoms with Crippen LogP contribution >= 0.6 is 0 Å². The van der Waals surface area contributed by atoms with Crippen molar-refractivity contribution in [1.29, 1.82) is 0 Å². The lowest BCUT2D eigenvalue weighted by Crippen LogP contribution is -2.49. The van der Waals surface area contributed by atoms with Crippen molar-refractivity contribution in [3.05, 3.63) is 114 Å². The summed E-state index contributed by atoms with van der Waals surface area (Å²) < 4.78 is 2.19. The zero-order chi connectivity index (χ0) is 23.2. The van der Waals surface area contributed by atoms with Crippen molar-refractivity contribution < 1.29 is 9.59 Å². The minimum atomic E-state index is -0.314. The van der Waals surface area contributed by atoms with Crippen LogP contribution in [0.15, 0.2) is 97.2 Å². The van der Waals surface area contributed by atoms with Gasteiger partial charge in [-0.05, 0) is 43.7 Å². The predicted octanol–water partition coefficient (Wildman–Crippen LogP) is 5.28. The average molecular weight is 438 g/mol. The molecule has 3 aromatic carbocycles. The molecule has 0 saturated carbocycles. The van der Waals surface area contributed by atoms with Crippen molar-refractivity contribution in [2.75, 3.05) is 0 Å². The van der Waals surface area contributed by atoms with Crippen molar-refractivity contribution in [3.63, 3.8) is 0 Å². The quantitative estimate of drug-likeness (QED) is 0.329. The Kier molecular flexibility index (Phi) is 6.69. The summed E-state index contributed by atoms with van der Waals surface area (Å²) in [6, 6.07) is 27.1. The van der Waals surface area contributed by atoms with Gasteiger partial charge >= 0.3 is 0 Å². The van der Waals surface area contributed by atoms with E-state index < -0.39 is 0 Å². The maximum atomic E-state index is 13.0. The van der Waals surface area contributed by atoms with Crippen LogP contribution in [0.5, 0.6) is 0 Å². The Labute approximate surface area is 193 Å². The Morgan fingerprint density at radius 3 is 2.24 bits per heavy atom. The summed E-state index contributed by atoms with van der Waals surface area (Å²) >= 11 is 0.